The summed E-state index contributed by atoms with van der Waals surface area (Å²) in [5.41, 5.74) is 4.68. The molecule has 34 heavy (non-hydrogen) atoms. The molecule has 4 heterocycles. The predicted octanol–water partition coefficient (Wildman–Crippen LogP) is 5.76. The monoisotopic (exact) mass is 495 g/mol. The van der Waals surface area contributed by atoms with Crippen LogP contribution in [0.2, 0.25) is 25.7 Å². The van der Waals surface area contributed by atoms with E-state index in [0.717, 1.165) is 56.5 Å². The van der Waals surface area contributed by atoms with Crippen LogP contribution < -0.4 is 4.90 Å². The molecule has 0 fully saturated rings. The van der Waals surface area contributed by atoms with E-state index in [4.69, 9.17) is 9.72 Å². The van der Waals surface area contributed by atoms with Gasteiger partial charge in [0.2, 0.25) is 5.13 Å². The third kappa shape index (κ3) is 5.68. The first-order chi connectivity index (χ1) is 16.1. The Balaban J connectivity index is 1.67. The molecule has 4 aromatic heterocycles. The molecule has 0 spiro atoms. The van der Waals surface area contributed by atoms with Gasteiger partial charge in [0.05, 0.1) is 16.7 Å². The molecule has 0 amide bonds. The zero-order chi connectivity index (χ0) is 24.5. The van der Waals surface area contributed by atoms with E-state index in [1.165, 1.54) is 0 Å². The molecule has 0 unspecified atom stereocenters. The Kier molecular flexibility index (Phi) is 7.11. The molecule has 0 radical (unpaired) electrons. The molecule has 4 aromatic rings. The number of nitrogens with zero attached hydrogens (tertiary/aromatic N) is 7. The van der Waals surface area contributed by atoms with E-state index in [1.54, 1.807) is 11.3 Å². The van der Waals surface area contributed by atoms with E-state index in [0.29, 0.717) is 12.6 Å². The van der Waals surface area contributed by atoms with E-state index in [2.05, 4.69) is 59.8 Å². The van der Waals surface area contributed by atoms with Gasteiger partial charge in [0, 0.05) is 51.2 Å². The minimum absolute atomic E-state index is 0.319. The van der Waals surface area contributed by atoms with Gasteiger partial charge in [0.1, 0.15) is 17.6 Å². The lowest BCUT2D eigenvalue weighted by Crippen LogP contribution is -2.26. The van der Waals surface area contributed by atoms with Crippen molar-refractivity contribution in [2.75, 3.05) is 18.2 Å². The number of aryl methyl sites for hydroxylation is 2. The van der Waals surface area contributed by atoms with Crippen molar-refractivity contribution in [2.24, 2.45) is 7.05 Å². The third-order valence-corrected chi connectivity index (χ3v) is 8.45. The Morgan fingerprint density at radius 2 is 1.94 bits per heavy atom. The summed E-state index contributed by atoms with van der Waals surface area (Å²) in [6, 6.07) is 7.15. The fraction of sp³-hybridized carbons (Fsp3) is 0.458. The molecule has 4 rings (SSSR count). The lowest BCUT2D eigenvalue weighted by molar-refractivity contribution is 0.153. The Bertz CT molecular complexity index is 1280. The fourth-order valence-electron chi connectivity index (χ4n) is 3.50. The van der Waals surface area contributed by atoms with E-state index >= 15 is 0 Å². The summed E-state index contributed by atoms with van der Waals surface area (Å²) in [5, 5.41) is 15.1. The molecule has 0 atom stereocenters. The third-order valence-electron chi connectivity index (χ3n) is 5.50. The van der Waals surface area contributed by atoms with E-state index in [1.807, 2.05) is 48.1 Å². The number of hydrogen-bond donors (Lipinski definition) is 0. The second kappa shape index (κ2) is 9.89. The molecular weight excluding hydrogens is 462 g/mol. The van der Waals surface area contributed by atoms with E-state index in [9.17, 15) is 0 Å². The van der Waals surface area contributed by atoms with Gasteiger partial charge >= 0.3 is 0 Å². The topological polar surface area (TPSA) is 81.9 Å². The highest BCUT2D eigenvalue weighted by Gasteiger charge is 2.20. The highest BCUT2D eigenvalue weighted by Crippen LogP contribution is 2.32. The van der Waals surface area contributed by atoms with Crippen LogP contribution in [0.1, 0.15) is 30.5 Å². The SMILES string of the molecule is Cc1nn(C)cc1-c1cnc2ccc(N(COCC[Si](C)(C)C)c3nnc(C(C)C)s3)nc2c1. The maximum Gasteiger partial charge on any atom is 0.215 e. The van der Waals surface area contributed by atoms with Crippen molar-refractivity contribution in [3.63, 3.8) is 0 Å². The molecule has 0 saturated carbocycles. The van der Waals surface area contributed by atoms with Crippen molar-refractivity contribution >= 4 is 41.4 Å². The Labute approximate surface area is 206 Å². The quantitative estimate of drug-likeness (QED) is 0.166. The van der Waals surface area contributed by atoms with E-state index in [-0.39, 0.29) is 0 Å². The molecule has 0 bridgehead atoms. The van der Waals surface area contributed by atoms with Crippen LogP contribution in [0, 0.1) is 6.92 Å². The van der Waals surface area contributed by atoms with Gasteiger partial charge in [-0.3, -0.25) is 14.6 Å². The Morgan fingerprint density at radius 3 is 2.59 bits per heavy atom. The van der Waals surface area contributed by atoms with Gasteiger partial charge in [-0.25, -0.2) is 4.98 Å². The molecule has 180 valence electrons. The number of hydrogen-bond acceptors (Lipinski definition) is 8. The highest BCUT2D eigenvalue weighted by molar-refractivity contribution is 7.15. The first-order valence-electron chi connectivity index (χ1n) is 11.6. The first-order valence-corrected chi connectivity index (χ1v) is 16.1. The van der Waals surface area contributed by atoms with Crippen molar-refractivity contribution in [3.8, 4) is 11.1 Å². The molecule has 8 nitrogen and oxygen atoms in total. The van der Waals surface area contributed by atoms with Crippen LogP contribution >= 0.6 is 11.3 Å². The molecule has 0 saturated heterocycles. The van der Waals surface area contributed by atoms with Gasteiger partial charge in [-0.05, 0) is 31.2 Å². The maximum absolute atomic E-state index is 6.11. The van der Waals surface area contributed by atoms with Crippen LogP contribution in [-0.2, 0) is 11.8 Å². The Morgan fingerprint density at radius 1 is 1.15 bits per heavy atom. The lowest BCUT2D eigenvalue weighted by Gasteiger charge is -2.22. The van der Waals surface area contributed by atoms with Crippen LogP contribution in [0.5, 0.6) is 0 Å². The normalized spacial score (nSPS) is 12.1. The van der Waals surface area contributed by atoms with Gasteiger partial charge in [-0.1, -0.05) is 44.8 Å². The van der Waals surface area contributed by atoms with Crippen molar-refractivity contribution in [2.45, 2.75) is 52.4 Å². The minimum atomic E-state index is -1.18. The largest absolute Gasteiger partial charge is 0.361 e. The van der Waals surface area contributed by atoms with Crippen LogP contribution in [-0.4, -0.2) is 51.4 Å². The molecule has 0 aliphatic rings. The lowest BCUT2D eigenvalue weighted by atomic mass is 10.1. The summed E-state index contributed by atoms with van der Waals surface area (Å²) in [6.07, 6.45) is 3.89. The summed E-state index contributed by atoms with van der Waals surface area (Å²) in [4.78, 5) is 11.6. The number of aromatic nitrogens is 6. The zero-order valence-electron chi connectivity index (χ0n) is 21.0. The number of rotatable bonds is 9. The second-order valence-electron chi connectivity index (χ2n) is 10.1. The van der Waals surface area contributed by atoms with Crippen molar-refractivity contribution < 1.29 is 4.74 Å². The summed E-state index contributed by atoms with van der Waals surface area (Å²) in [5.74, 6) is 1.09. The Hall–Kier alpha value is -2.69. The van der Waals surface area contributed by atoms with Gasteiger partial charge in [0.25, 0.3) is 0 Å². The van der Waals surface area contributed by atoms with Crippen molar-refractivity contribution in [1.82, 2.24) is 29.9 Å². The van der Waals surface area contributed by atoms with Crippen LogP contribution in [0.4, 0.5) is 10.9 Å². The summed E-state index contributed by atoms with van der Waals surface area (Å²) < 4.78 is 7.93. The van der Waals surface area contributed by atoms with Gasteiger partial charge in [-0.15, -0.1) is 10.2 Å². The van der Waals surface area contributed by atoms with Gasteiger partial charge in [-0.2, -0.15) is 5.10 Å². The minimum Gasteiger partial charge on any atom is -0.361 e. The van der Waals surface area contributed by atoms with Crippen LogP contribution in [0.25, 0.3) is 22.2 Å². The fourth-order valence-corrected chi connectivity index (χ4v) is 5.10. The summed E-state index contributed by atoms with van der Waals surface area (Å²) in [6.45, 7) is 14.4. The number of fused-ring (bicyclic) bond motifs is 1. The molecule has 0 aromatic carbocycles. The number of ether oxygens (including phenoxy) is 1. The number of anilines is 2. The molecule has 10 heteroatoms. The van der Waals surface area contributed by atoms with Gasteiger partial charge in [0.15, 0.2) is 0 Å². The zero-order valence-corrected chi connectivity index (χ0v) is 22.8. The summed E-state index contributed by atoms with van der Waals surface area (Å²) >= 11 is 1.58. The van der Waals surface area contributed by atoms with Crippen molar-refractivity contribution in [1.29, 1.82) is 0 Å². The second-order valence-corrected chi connectivity index (χ2v) is 16.7. The smallest absolute Gasteiger partial charge is 0.215 e. The van der Waals surface area contributed by atoms with E-state index < -0.39 is 8.07 Å². The van der Waals surface area contributed by atoms with Crippen molar-refractivity contribution in [3.05, 3.63) is 41.3 Å². The number of pyridine rings is 2. The summed E-state index contributed by atoms with van der Waals surface area (Å²) in [7, 11) is 0.749. The molecule has 0 N–H and O–H groups in total. The van der Waals surface area contributed by atoms with Crippen LogP contribution in [0.3, 0.4) is 0 Å². The van der Waals surface area contributed by atoms with Gasteiger partial charge < -0.3 is 4.74 Å². The molecular formula is C24H33N7OSSi. The highest BCUT2D eigenvalue weighted by atomic mass is 32.1. The average molecular weight is 496 g/mol. The average Bonchev–Trinajstić information content (AvgIpc) is 3.38. The standard InChI is InChI=1S/C24H33N7OSSi/c1-16(2)23-27-28-24(33-23)31(15-32-10-11-34(5,6)7)22-9-8-20-21(26-22)12-18(13-25-20)19-14-30(4)29-17(19)3/h8-9,12-14,16H,10-11,15H2,1-7H3. The molecule has 0 aliphatic heterocycles. The molecule has 0 aliphatic carbocycles. The maximum atomic E-state index is 6.11. The predicted molar refractivity (Wildman–Crippen MR) is 142 cm³/mol. The first kappa shape index (κ1) is 24.4. The van der Waals surface area contributed by atoms with Crippen LogP contribution in [0.15, 0.2) is 30.6 Å².